The van der Waals surface area contributed by atoms with Crippen LogP contribution >= 0.6 is 0 Å². The van der Waals surface area contributed by atoms with Crippen molar-refractivity contribution in [2.75, 3.05) is 68.5 Å². The predicted octanol–water partition coefficient (Wildman–Crippen LogP) is 4.51. The first-order valence-electron chi connectivity index (χ1n) is 31.9. The maximum Gasteiger partial charge on any atom is 0.416 e. The Bertz CT molecular complexity index is 2680. The maximum absolute atomic E-state index is 15.0. The molecule has 4 aliphatic rings. The van der Waals surface area contributed by atoms with Crippen LogP contribution in [0.5, 0.6) is 0 Å². The van der Waals surface area contributed by atoms with E-state index in [4.69, 9.17) is 0 Å². The maximum atomic E-state index is 15.0. The molecule has 0 radical (unpaired) electrons. The van der Waals surface area contributed by atoms with Gasteiger partial charge in [0.1, 0.15) is 41.8 Å². The standard InChI is InChI=1S/C64H100F3N11O11/c1-14-41(6)54-61(88)74(10)37-52(81)72(8)38-53(82)76(12)49(35-44-21-16-15-17-22-44)60(87)73(9)36-50(79)69-46(29-26-43-24-27-45(28-25-43)64(65,66)67)59(86)78-32-20-23-47(78)57(84)71-63(30-18-19-31-63)62(89)77(13)55(40(4)5)58(85)68-42(7)34-51(80)75(11)48(33-39(2)3)56(83)70-54/h24-25,27-28,39-42,44,46-49,54-55H,14-23,26,29-38H2,1-13H3,(H,68,85)(H,69,79)(H,70,83)(H,71,84)/t41-,42+,46-,47-,48-,49-,54-,55-/m0/s1. The molecule has 498 valence electrons. The number of fused-ring (bicyclic) bond motifs is 1. The lowest BCUT2D eigenvalue weighted by molar-refractivity contribution is -0.149. The van der Waals surface area contributed by atoms with Crippen molar-refractivity contribution < 1.29 is 65.9 Å². The van der Waals surface area contributed by atoms with Crippen LogP contribution in [0.2, 0.25) is 0 Å². The van der Waals surface area contributed by atoms with Gasteiger partial charge in [-0.15, -0.1) is 0 Å². The van der Waals surface area contributed by atoms with E-state index in [1.54, 1.807) is 27.7 Å². The Hall–Kier alpha value is -6.82. The second kappa shape index (κ2) is 32.3. The summed E-state index contributed by atoms with van der Waals surface area (Å²) in [4.78, 5) is 168. The van der Waals surface area contributed by atoms with Crippen LogP contribution in [0.25, 0.3) is 0 Å². The van der Waals surface area contributed by atoms with Gasteiger partial charge >= 0.3 is 6.18 Å². The fourth-order valence-electron chi connectivity index (χ4n) is 13.0. The molecule has 1 aromatic rings. The number of carbonyl (C=O) groups is 11. The van der Waals surface area contributed by atoms with E-state index >= 15 is 0 Å². The van der Waals surface area contributed by atoms with Gasteiger partial charge in [0.25, 0.3) is 0 Å². The van der Waals surface area contributed by atoms with Crippen molar-refractivity contribution in [3.05, 3.63) is 35.4 Å². The van der Waals surface area contributed by atoms with E-state index in [0.29, 0.717) is 31.2 Å². The molecule has 1 spiro atoms. The minimum atomic E-state index is -4.60. The summed E-state index contributed by atoms with van der Waals surface area (Å²) in [7, 11) is 8.59. The van der Waals surface area contributed by atoms with Crippen molar-refractivity contribution in [3.63, 3.8) is 0 Å². The molecule has 2 heterocycles. The summed E-state index contributed by atoms with van der Waals surface area (Å²) >= 11 is 0. The third-order valence-electron chi connectivity index (χ3n) is 18.6. The fraction of sp³-hybridized carbons (Fsp3) is 0.734. The second-order valence-electron chi connectivity index (χ2n) is 26.5. The lowest BCUT2D eigenvalue weighted by Gasteiger charge is -2.39. The van der Waals surface area contributed by atoms with Crippen LogP contribution in [-0.2, 0) is 65.3 Å². The van der Waals surface area contributed by atoms with Crippen LogP contribution in [0, 0.1) is 23.7 Å². The van der Waals surface area contributed by atoms with Gasteiger partial charge in [-0.25, -0.2) is 0 Å². The molecule has 1 aromatic carbocycles. The Morgan fingerprint density at radius 1 is 0.618 bits per heavy atom. The number of nitrogens with one attached hydrogen (secondary N) is 4. The van der Waals surface area contributed by atoms with Crippen LogP contribution < -0.4 is 21.3 Å². The number of likely N-dealkylation sites (N-methyl/N-ethyl adjacent to an activating group) is 6. The first-order valence-corrected chi connectivity index (χ1v) is 31.9. The zero-order chi connectivity index (χ0) is 66.4. The van der Waals surface area contributed by atoms with E-state index in [1.165, 1.54) is 74.0 Å². The molecule has 2 saturated carbocycles. The number of rotatable bonds is 10. The molecule has 0 unspecified atom stereocenters. The van der Waals surface area contributed by atoms with Crippen molar-refractivity contribution >= 4 is 65.0 Å². The topological polar surface area (TPSA) is 259 Å². The quantitative estimate of drug-likeness (QED) is 0.254. The molecule has 2 aliphatic heterocycles. The lowest BCUT2D eigenvalue weighted by Crippen LogP contribution is -2.64. The third-order valence-corrected chi connectivity index (χ3v) is 18.6. The number of carbonyl (C=O) groups excluding carboxylic acids is 11. The van der Waals surface area contributed by atoms with Crippen LogP contribution in [0.3, 0.4) is 0 Å². The number of halogens is 3. The fourth-order valence-corrected chi connectivity index (χ4v) is 13.0. The minimum Gasteiger partial charge on any atom is -0.351 e. The highest BCUT2D eigenvalue weighted by Gasteiger charge is 2.49. The third kappa shape index (κ3) is 19.4. The van der Waals surface area contributed by atoms with Gasteiger partial charge in [-0.1, -0.05) is 105 Å². The summed E-state index contributed by atoms with van der Waals surface area (Å²) in [6.45, 7) is 11.0. The van der Waals surface area contributed by atoms with Gasteiger partial charge in [0, 0.05) is 61.3 Å². The number of hydrogen-bond acceptors (Lipinski definition) is 11. The van der Waals surface area contributed by atoms with Crippen molar-refractivity contribution in [3.8, 4) is 0 Å². The van der Waals surface area contributed by atoms with E-state index < -0.39 is 156 Å². The molecular formula is C64H100F3N11O11. The minimum absolute atomic E-state index is 0.0183. The second-order valence-corrected chi connectivity index (χ2v) is 26.5. The van der Waals surface area contributed by atoms with E-state index in [9.17, 15) is 65.9 Å². The smallest absolute Gasteiger partial charge is 0.351 e. The Kier molecular flexibility index (Phi) is 26.4. The van der Waals surface area contributed by atoms with Crippen LogP contribution in [0.4, 0.5) is 13.2 Å². The highest BCUT2D eigenvalue weighted by Crippen LogP contribution is 2.35. The zero-order valence-corrected chi connectivity index (χ0v) is 54.8. The van der Waals surface area contributed by atoms with E-state index in [0.717, 1.165) is 58.9 Å². The highest BCUT2D eigenvalue weighted by molar-refractivity contribution is 5.99. The Labute approximate surface area is 523 Å². The number of alkyl halides is 3. The molecule has 11 amide bonds. The van der Waals surface area contributed by atoms with Crippen molar-refractivity contribution in [2.24, 2.45) is 23.7 Å². The molecule has 2 saturated heterocycles. The molecule has 4 N–H and O–H groups in total. The summed E-state index contributed by atoms with van der Waals surface area (Å²) in [5.41, 5.74) is -1.93. The molecule has 89 heavy (non-hydrogen) atoms. The van der Waals surface area contributed by atoms with Gasteiger partial charge in [-0.3, -0.25) is 52.7 Å². The van der Waals surface area contributed by atoms with Crippen LogP contribution in [-0.4, -0.2) is 216 Å². The number of hydrogen-bond donors (Lipinski definition) is 4. The monoisotopic (exact) mass is 1260 g/mol. The molecular weight excluding hydrogens is 1160 g/mol. The van der Waals surface area contributed by atoms with Gasteiger partial charge in [-0.05, 0) is 99.7 Å². The predicted molar refractivity (Wildman–Crippen MR) is 327 cm³/mol. The molecule has 22 nitrogen and oxygen atoms in total. The highest BCUT2D eigenvalue weighted by atomic mass is 19.4. The lowest BCUT2D eigenvalue weighted by atomic mass is 9.84. The van der Waals surface area contributed by atoms with Crippen molar-refractivity contribution in [2.45, 2.75) is 212 Å². The molecule has 0 bridgehead atoms. The Morgan fingerprint density at radius 2 is 1.21 bits per heavy atom. The van der Waals surface area contributed by atoms with Crippen molar-refractivity contribution in [1.82, 2.24) is 55.6 Å². The van der Waals surface area contributed by atoms with Crippen LogP contribution in [0.15, 0.2) is 24.3 Å². The van der Waals surface area contributed by atoms with E-state index in [2.05, 4.69) is 21.3 Å². The number of nitrogens with zero attached hydrogens (tertiary/aromatic N) is 7. The average Bonchev–Trinajstić information content (AvgIpc) is 2.10. The first-order chi connectivity index (χ1) is 41.7. The summed E-state index contributed by atoms with van der Waals surface area (Å²) in [5, 5.41) is 11.6. The Morgan fingerprint density at radius 3 is 1.80 bits per heavy atom. The normalized spacial score (nSPS) is 26.5. The van der Waals surface area contributed by atoms with Crippen molar-refractivity contribution in [1.29, 1.82) is 0 Å². The molecule has 8 atom stereocenters. The van der Waals surface area contributed by atoms with E-state index in [1.807, 2.05) is 20.8 Å². The largest absolute Gasteiger partial charge is 0.416 e. The summed E-state index contributed by atoms with van der Waals surface area (Å²) < 4.78 is 40.7. The molecule has 5 rings (SSSR count). The summed E-state index contributed by atoms with van der Waals surface area (Å²) in [6, 6.07) is -3.25. The van der Waals surface area contributed by atoms with E-state index in [-0.39, 0.29) is 69.7 Å². The summed E-state index contributed by atoms with van der Waals surface area (Å²) in [6.07, 6.45) is 2.49. The molecule has 0 aromatic heterocycles. The molecule has 25 heteroatoms. The van der Waals surface area contributed by atoms with Crippen LogP contribution in [0.1, 0.15) is 162 Å². The zero-order valence-electron chi connectivity index (χ0n) is 54.8. The van der Waals surface area contributed by atoms with Gasteiger partial charge in [0.15, 0.2) is 0 Å². The van der Waals surface area contributed by atoms with Gasteiger partial charge in [-0.2, -0.15) is 13.2 Å². The SMILES string of the molecule is CC[C@H](C)[C@@H]1NC(=O)[C@H](CC(C)C)N(C)C(=O)C[C@@H](C)NC(=O)[C@H](C(C)C)N(C)C(=O)C2(CCCC2)NC(=O)[C@@H]2CCCN2C(=O)[C@H](CCc2ccc(C(F)(F)F)cc2)NC(=O)CN(C)C(=O)[C@H](CC2CCCCC2)N(C)C(=O)CN(C)C(=O)CN(C)C1=O. The number of aryl methyl sites for hydroxylation is 1. The number of amides is 11. The molecule has 4 fully saturated rings. The van der Waals surface area contributed by atoms with Gasteiger partial charge in [0.2, 0.25) is 65.0 Å². The number of benzene rings is 1. The average molecular weight is 1260 g/mol. The van der Waals surface area contributed by atoms with Gasteiger partial charge in [0.05, 0.1) is 25.2 Å². The van der Waals surface area contributed by atoms with Gasteiger partial charge < -0.3 is 55.6 Å². The molecule has 2 aliphatic carbocycles. The Balaban J connectivity index is 1.53. The first kappa shape index (κ1) is 72.9. The summed E-state index contributed by atoms with van der Waals surface area (Å²) in [5.74, 6) is -7.65.